The van der Waals surface area contributed by atoms with Crippen LogP contribution in [0.3, 0.4) is 0 Å². The average molecular weight is 384 g/mol. The van der Waals surface area contributed by atoms with Crippen molar-refractivity contribution in [1.29, 1.82) is 0 Å². The highest BCUT2D eigenvalue weighted by Gasteiger charge is 2.19. The molecule has 0 aliphatic carbocycles. The SMILES string of the molecule is Cc1ccc(C(=O)N2CCSCC2)cc1NC(=O)CCCc1ccccn1. The van der Waals surface area contributed by atoms with Gasteiger partial charge in [-0.05, 0) is 49.6 Å². The van der Waals surface area contributed by atoms with Gasteiger partial charge in [0.15, 0.2) is 0 Å². The van der Waals surface area contributed by atoms with E-state index in [4.69, 9.17) is 0 Å². The van der Waals surface area contributed by atoms with Gasteiger partial charge in [-0.25, -0.2) is 0 Å². The largest absolute Gasteiger partial charge is 0.337 e. The maximum Gasteiger partial charge on any atom is 0.253 e. The summed E-state index contributed by atoms with van der Waals surface area (Å²) >= 11 is 1.88. The molecule has 0 atom stereocenters. The summed E-state index contributed by atoms with van der Waals surface area (Å²) in [4.78, 5) is 31.1. The molecule has 1 saturated heterocycles. The van der Waals surface area contributed by atoms with E-state index in [9.17, 15) is 9.59 Å². The first kappa shape index (κ1) is 19.4. The minimum atomic E-state index is -0.0343. The van der Waals surface area contributed by atoms with Gasteiger partial charge in [0, 0.05) is 54.2 Å². The molecule has 142 valence electrons. The fourth-order valence-electron chi connectivity index (χ4n) is 3.03. The quantitative estimate of drug-likeness (QED) is 0.829. The number of thioether (sulfide) groups is 1. The fourth-order valence-corrected chi connectivity index (χ4v) is 3.93. The summed E-state index contributed by atoms with van der Waals surface area (Å²) in [5.74, 6) is 1.98. The van der Waals surface area contributed by atoms with Crippen molar-refractivity contribution < 1.29 is 9.59 Å². The molecule has 0 saturated carbocycles. The molecule has 5 nitrogen and oxygen atoms in total. The number of amides is 2. The molecule has 0 unspecified atom stereocenters. The number of carbonyl (C=O) groups excluding carboxylic acids is 2. The zero-order chi connectivity index (χ0) is 19.1. The summed E-state index contributed by atoms with van der Waals surface area (Å²) in [7, 11) is 0. The van der Waals surface area contributed by atoms with Crippen LogP contribution in [-0.4, -0.2) is 46.3 Å². The lowest BCUT2D eigenvalue weighted by molar-refractivity contribution is -0.116. The zero-order valence-electron chi connectivity index (χ0n) is 15.6. The van der Waals surface area contributed by atoms with Gasteiger partial charge in [-0.3, -0.25) is 14.6 Å². The molecule has 0 bridgehead atoms. The number of aromatic nitrogens is 1. The van der Waals surface area contributed by atoms with Crippen molar-refractivity contribution in [3.8, 4) is 0 Å². The molecule has 2 amide bonds. The molecule has 1 fully saturated rings. The Kier molecular flexibility index (Phi) is 6.87. The minimum absolute atomic E-state index is 0.0343. The maximum absolute atomic E-state index is 12.7. The number of hydrogen-bond donors (Lipinski definition) is 1. The molecule has 6 heteroatoms. The summed E-state index contributed by atoms with van der Waals surface area (Å²) in [5, 5.41) is 2.96. The second-order valence-corrected chi connectivity index (χ2v) is 7.88. The monoisotopic (exact) mass is 383 g/mol. The Labute approximate surface area is 164 Å². The van der Waals surface area contributed by atoms with Crippen LogP contribution in [-0.2, 0) is 11.2 Å². The predicted molar refractivity (Wildman–Crippen MR) is 110 cm³/mol. The van der Waals surface area contributed by atoms with Gasteiger partial charge in [-0.2, -0.15) is 11.8 Å². The van der Waals surface area contributed by atoms with Crippen LogP contribution in [0.25, 0.3) is 0 Å². The number of benzene rings is 1. The van der Waals surface area contributed by atoms with E-state index in [0.717, 1.165) is 54.4 Å². The first-order valence-corrected chi connectivity index (χ1v) is 10.5. The standard InChI is InChI=1S/C21H25N3O2S/c1-16-8-9-17(21(26)24-11-13-27-14-12-24)15-19(16)23-20(25)7-4-6-18-5-2-3-10-22-18/h2-3,5,8-10,15H,4,6-7,11-14H2,1H3,(H,23,25). The van der Waals surface area contributed by atoms with E-state index in [1.165, 1.54) is 0 Å². The Morgan fingerprint density at radius 2 is 2.00 bits per heavy atom. The lowest BCUT2D eigenvalue weighted by Gasteiger charge is -2.26. The smallest absolute Gasteiger partial charge is 0.253 e. The van der Waals surface area contributed by atoms with Crippen LogP contribution in [0.15, 0.2) is 42.6 Å². The lowest BCUT2D eigenvalue weighted by atomic mass is 10.1. The summed E-state index contributed by atoms with van der Waals surface area (Å²) in [6, 6.07) is 11.4. The molecule has 1 aliphatic heterocycles. The molecule has 27 heavy (non-hydrogen) atoms. The molecular formula is C21H25N3O2S. The van der Waals surface area contributed by atoms with Crippen LogP contribution in [0.4, 0.5) is 5.69 Å². The Morgan fingerprint density at radius 3 is 2.74 bits per heavy atom. The molecule has 1 N–H and O–H groups in total. The second-order valence-electron chi connectivity index (χ2n) is 6.66. The Bertz CT molecular complexity index is 789. The maximum atomic E-state index is 12.7. The van der Waals surface area contributed by atoms with Gasteiger partial charge in [0.05, 0.1) is 0 Å². The molecule has 2 aromatic rings. The molecule has 1 aromatic carbocycles. The number of nitrogens with zero attached hydrogens (tertiary/aromatic N) is 2. The first-order valence-electron chi connectivity index (χ1n) is 9.31. The number of nitrogens with one attached hydrogen (secondary N) is 1. The topological polar surface area (TPSA) is 62.3 Å². The van der Waals surface area contributed by atoms with Crippen molar-refractivity contribution in [2.75, 3.05) is 29.9 Å². The number of pyridine rings is 1. The zero-order valence-corrected chi connectivity index (χ0v) is 16.4. The molecule has 1 aromatic heterocycles. The van der Waals surface area contributed by atoms with Gasteiger partial charge in [0.2, 0.25) is 5.91 Å². The molecular weight excluding hydrogens is 358 g/mol. The van der Waals surface area contributed by atoms with Crippen molar-refractivity contribution in [3.05, 3.63) is 59.4 Å². The Balaban J connectivity index is 1.57. The highest BCUT2D eigenvalue weighted by atomic mass is 32.2. The van der Waals surface area contributed by atoms with Crippen molar-refractivity contribution in [2.45, 2.75) is 26.2 Å². The van der Waals surface area contributed by atoms with Crippen molar-refractivity contribution in [2.24, 2.45) is 0 Å². The van der Waals surface area contributed by atoms with Gasteiger partial charge < -0.3 is 10.2 Å². The van der Waals surface area contributed by atoms with Crippen LogP contribution in [0.1, 0.15) is 34.5 Å². The van der Waals surface area contributed by atoms with Crippen LogP contribution in [0, 0.1) is 6.92 Å². The normalized spacial score (nSPS) is 14.0. The summed E-state index contributed by atoms with van der Waals surface area (Å²) in [6.45, 7) is 3.51. The van der Waals surface area contributed by atoms with Crippen LogP contribution in [0.2, 0.25) is 0 Å². The molecule has 3 rings (SSSR count). The number of hydrogen-bond acceptors (Lipinski definition) is 4. The molecule has 0 radical (unpaired) electrons. The van der Waals surface area contributed by atoms with E-state index < -0.39 is 0 Å². The van der Waals surface area contributed by atoms with Crippen LogP contribution < -0.4 is 5.32 Å². The van der Waals surface area contributed by atoms with E-state index in [2.05, 4.69) is 10.3 Å². The number of aryl methyl sites for hydroxylation is 2. The lowest BCUT2D eigenvalue weighted by Crippen LogP contribution is -2.37. The molecule has 2 heterocycles. The van der Waals surface area contributed by atoms with E-state index in [-0.39, 0.29) is 11.8 Å². The van der Waals surface area contributed by atoms with Crippen molar-refractivity contribution in [3.63, 3.8) is 0 Å². The Hall–Kier alpha value is -2.34. The minimum Gasteiger partial charge on any atom is -0.337 e. The first-order chi connectivity index (χ1) is 13.1. The van der Waals surface area contributed by atoms with Crippen molar-refractivity contribution in [1.82, 2.24) is 9.88 Å². The van der Waals surface area contributed by atoms with Gasteiger partial charge >= 0.3 is 0 Å². The highest BCUT2D eigenvalue weighted by molar-refractivity contribution is 7.99. The highest BCUT2D eigenvalue weighted by Crippen LogP contribution is 2.20. The van der Waals surface area contributed by atoms with E-state index in [1.54, 1.807) is 12.3 Å². The van der Waals surface area contributed by atoms with Crippen LogP contribution >= 0.6 is 11.8 Å². The van der Waals surface area contributed by atoms with Gasteiger partial charge in [-0.1, -0.05) is 12.1 Å². The third kappa shape index (κ3) is 5.57. The second kappa shape index (κ2) is 9.55. The van der Waals surface area contributed by atoms with E-state index in [0.29, 0.717) is 12.0 Å². The summed E-state index contributed by atoms with van der Waals surface area (Å²) < 4.78 is 0. The van der Waals surface area contributed by atoms with Gasteiger partial charge in [0.25, 0.3) is 5.91 Å². The van der Waals surface area contributed by atoms with Gasteiger partial charge in [0.1, 0.15) is 0 Å². The van der Waals surface area contributed by atoms with Crippen LogP contribution in [0.5, 0.6) is 0 Å². The molecule has 1 aliphatic rings. The van der Waals surface area contributed by atoms with Gasteiger partial charge in [-0.15, -0.1) is 0 Å². The van der Waals surface area contributed by atoms with E-state index >= 15 is 0 Å². The van der Waals surface area contributed by atoms with E-state index in [1.807, 2.05) is 53.9 Å². The average Bonchev–Trinajstić information content (AvgIpc) is 2.70. The fraction of sp³-hybridized carbons (Fsp3) is 0.381. The summed E-state index contributed by atoms with van der Waals surface area (Å²) in [6.07, 6.45) is 3.71. The molecule has 0 spiro atoms. The Morgan fingerprint density at radius 1 is 1.19 bits per heavy atom. The van der Waals surface area contributed by atoms with Crippen molar-refractivity contribution >= 4 is 29.3 Å². The summed E-state index contributed by atoms with van der Waals surface area (Å²) in [5.41, 5.74) is 3.30. The number of carbonyl (C=O) groups is 2. The predicted octanol–water partition coefficient (Wildman–Crippen LogP) is 3.54. The third-order valence-electron chi connectivity index (χ3n) is 4.62. The number of anilines is 1. The third-order valence-corrected chi connectivity index (χ3v) is 5.56. The number of rotatable bonds is 6.